The summed E-state index contributed by atoms with van der Waals surface area (Å²) in [6, 6.07) is 15.2. The van der Waals surface area contributed by atoms with Crippen molar-refractivity contribution in [3.8, 4) is 0 Å². The van der Waals surface area contributed by atoms with Gasteiger partial charge in [0.2, 0.25) is 5.91 Å². The molecule has 2 aromatic carbocycles. The largest absolute Gasteiger partial charge is 0.361 e. The van der Waals surface area contributed by atoms with Gasteiger partial charge in [0, 0.05) is 29.0 Å². The molecule has 26 heavy (non-hydrogen) atoms. The van der Waals surface area contributed by atoms with Crippen molar-refractivity contribution < 1.29 is 4.79 Å². The highest BCUT2D eigenvalue weighted by Gasteiger charge is 2.09. The first kappa shape index (κ1) is 16.1. The number of nitrogens with zero attached hydrogens (tertiary/aromatic N) is 2. The second-order valence-corrected chi connectivity index (χ2v) is 6.15. The van der Waals surface area contributed by atoms with Gasteiger partial charge in [0.1, 0.15) is 0 Å². The summed E-state index contributed by atoms with van der Waals surface area (Å²) in [5, 5.41) is 9.52. The third-order valence-corrected chi connectivity index (χ3v) is 4.43. The van der Waals surface area contributed by atoms with E-state index in [2.05, 4.69) is 15.4 Å². The number of amides is 1. The summed E-state index contributed by atoms with van der Waals surface area (Å²) in [6.07, 6.45) is 3.83. The number of aromatic nitrogens is 3. The first-order valence-electron chi connectivity index (χ1n) is 8.49. The summed E-state index contributed by atoms with van der Waals surface area (Å²) < 4.78 is 1.38. The average Bonchev–Trinajstić information content (AvgIpc) is 3.07. The van der Waals surface area contributed by atoms with Crippen LogP contribution in [0.3, 0.4) is 0 Å². The molecule has 6 heteroatoms. The molecule has 0 spiro atoms. The van der Waals surface area contributed by atoms with Gasteiger partial charge in [-0.3, -0.25) is 9.59 Å². The van der Waals surface area contributed by atoms with Crippen LogP contribution in [0.15, 0.2) is 65.7 Å². The second kappa shape index (κ2) is 6.84. The molecule has 0 fully saturated rings. The SMILES string of the molecule is O=C(Cc1c[nH]c2ccccc12)NCCn1ncc2ccccc2c1=O. The minimum Gasteiger partial charge on any atom is -0.361 e. The first-order valence-corrected chi connectivity index (χ1v) is 8.49. The molecule has 0 radical (unpaired) electrons. The molecule has 2 N–H and O–H groups in total. The van der Waals surface area contributed by atoms with Crippen LogP contribution in [-0.2, 0) is 17.8 Å². The minimum atomic E-state index is -0.144. The fraction of sp³-hybridized carbons (Fsp3) is 0.150. The number of H-pyrrole nitrogens is 1. The summed E-state index contributed by atoms with van der Waals surface area (Å²) >= 11 is 0. The summed E-state index contributed by atoms with van der Waals surface area (Å²) in [5.41, 5.74) is 1.83. The molecule has 2 aromatic heterocycles. The van der Waals surface area contributed by atoms with E-state index in [0.717, 1.165) is 21.9 Å². The van der Waals surface area contributed by atoms with Crippen LogP contribution < -0.4 is 10.9 Å². The maximum Gasteiger partial charge on any atom is 0.274 e. The molecular formula is C20H18N4O2. The van der Waals surface area contributed by atoms with Crippen LogP contribution in [0.25, 0.3) is 21.7 Å². The van der Waals surface area contributed by atoms with E-state index in [1.54, 1.807) is 12.3 Å². The number of aromatic amines is 1. The number of carbonyl (C=O) groups is 1. The van der Waals surface area contributed by atoms with Gasteiger partial charge in [0.05, 0.1) is 24.5 Å². The van der Waals surface area contributed by atoms with Crippen LogP contribution in [0, 0.1) is 0 Å². The van der Waals surface area contributed by atoms with Gasteiger partial charge in [-0.1, -0.05) is 36.4 Å². The van der Waals surface area contributed by atoms with E-state index in [0.29, 0.717) is 24.9 Å². The van der Waals surface area contributed by atoms with E-state index in [4.69, 9.17) is 0 Å². The van der Waals surface area contributed by atoms with Gasteiger partial charge in [-0.05, 0) is 17.7 Å². The molecule has 130 valence electrons. The monoisotopic (exact) mass is 346 g/mol. The van der Waals surface area contributed by atoms with Crippen molar-refractivity contribution in [3.05, 3.63) is 76.8 Å². The topological polar surface area (TPSA) is 79.8 Å². The van der Waals surface area contributed by atoms with E-state index in [9.17, 15) is 9.59 Å². The van der Waals surface area contributed by atoms with Gasteiger partial charge in [-0.15, -0.1) is 0 Å². The Morgan fingerprint density at radius 1 is 1.08 bits per heavy atom. The zero-order chi connectivity index (χ0) is 17.9. The van der Waals surface area contributed by atoms with Crippen molar-refractivity contribution in [1.29, 1.82) is 0 Å². The number of carbonyl (C=O) groups excluding carboxylic acids is 1. The molecule has 0 saturated carbocycles. The summed E-state index contributed by atoms with van der Waals surface area (Å²) in [6.45, 7) is 0.690. The van der Waals surface area contributed by atoms with Crippen LogP contribution in [0.5, 0.6) is 0 Å². The van der Waals surface area contributed by atoms with Crippen molar-refractivity contribution in [3.63, 3.8) is 0 Å². The average molecular weight is 346 g/mol. The maximum atomic E-state index is 12.4. The molecule has 4 rings (SSSR count). The lowest BCUT2D eigenvalue weighted by Gasteiger charge is -2.07. The lowest BCUT2D eigenvalue weighted by molar-refractivity contribution is -0.120. The Balaban J connectivity index is 1.39. The highest BCUT2D eigenvalue weighted by Crippen LogP contribution is 2.17. The number of fused-ring (bicyclic) bond motifs is 2. The van der Waals surface area contributed by atoms with Gasteiger partial charge in [-0.25, -0.2) is 4.68 Å². The smallest absolute Gasteiger partial charge is 0.274 e. The fourth-order valence-electron chi connectivity index (χ4n) is 3.10. The number of hydrogen-bond donors (Lipinski definition) is 2. The quantitative estimate of drug-likeness (QED) is 0.582. The van der Waals surface area contributed by atoms with Gasteiger partial charge in [-0.2, -0.15) is 5.10 Å². The Morgan fingerprint density at radius 2 is 1.85 bits per heavy atom. The van der Waals surface area contributed by atoms with Crippen molar-refractivity contribution in [2.45, 2.75) is 13.0 Å². The van der Waals surface area contributed by atoms with Crippen LogP contribution >= 0.6 is 0 Å². The number of benzene rings is 2. The predicted molar refractivity (Wildman–Crippen MR) is 101 cm³/mol. The van der Waals surface area contributed by atoms with Gasteiger partial charge >= 0.3 is 0 Å². The highest BCUT2D eigenvalue weighted by atomic mass is 16.1. The second-order valence-electron chi connectivity index (χ2n) is 6.15. The molecular weight excluding hydrogens is 328 g/mol. The fourth-order valence-corrected chi connectivity index (χ4v) is 3.10. The van der Waals surface area contributed by atoms with E-state index in [-0.39, 0.29) is 11.5 Å². The zero-order valence-corrected chi connectivity index (χ0v) is 14.1. The Kier molecular flexibility index (Phi) is 4.23. The molecule has 0 unspecified atom stereocenters. The molecule has 0 aliphatic rings. The Bertz CT molecular complexity index is 1140. The normalized spacial score (nSPS) is 11.1. The van der Waals surface area contributed by atoms with Crippen molar-refractivity contribution >= 4 is 27.6 Å². The third kappa shape index (κ3) is 3.09. The third-order valence-electron chi connectivity index (χ3n) is 4.43. The molecule has 2 heterocycles. The maximum absolute atomic E-state index is 12.4. The minimum absolute atomic E-state index is 0.0800. The predicted octanol–water partition coefficient (Wildman–Crippen LogP) is 2.24. The molecule has 0 saturated heterocycles. The Hall–Kier alpha value is -3.41. The molecule has 0 aliphatic heterocycles. The van der Waals surface area contributed by atoms with Crippen molar-refractivity contribution in [1.82, 2.24) is 20.1 Å². The van der Waals surface area contributed by atoms with Gasteiger partial charge in [0.15, 0.2) is 0 Å². The van der Waals surface area contributed by atoms with Crippen molar-refractivity contribution in [2.75, 3.05) is 6.54 Å². The van der Waals surface area contributed by atoms with E-state index < -0.39 is 0 Å². The highest BCUT2D eigenvalue weighted by molar-refractivity contribution is 5.88. The summed E-state index contributed by atoms with van der Waals surface area (Å²) in [7, 11) is 0. The van der Waals surface area contributed by atoms with E-state index in [1.165, 1.54) is 4.68 Å². The van der Waals surface area contributed by atoms with Crippen LogP contribution in [0.1, 0.15) is 5.56 Å². The first-order chi connectivity index (χ1) is 12.7. The number of rotatable bonds is 5. The van der Waals surface area contributed by atoms with Crippen LogP contribution in [0.2, 0.25) is 0 Å². The van der Waals surface area contributed by atoms with Gasteiger partial charge < -0.3 is 10.3 Å². The van der Waals surface area contributed by atoms with Crippen molar-refractivity contribution in [2.24, 2.45) is 0 Å². The van der Waals surface area contributed by atoms with E-state index >= 15 is 0 Å². The lowest BCUT2D eigenvalue weighted by atomic mass is 10.1. The molecule has 0 bridgehead atoms. The standard InChI is InChI=1S/C20H18N4O2/c25-19(11-15-12-22-18-8-4-3-6-16(15)18)21-9-10-24-20(26)17-7-2-1-5-14(17)13-23-24/h1-8,12-13,22H,9-11H2,(H,21,25). The van der Waals surface area contributed by atoms with Gasteiger partial charge in [0.25, 0.3) is 5.56 Å². The summed E-state index contributed by atoms with van der Waals surface area (Å²) in [4.78, 5) is 27.8. The number of hydrogen-bond acceptors (Lipinski definition) is 3. The molecule has 0 atom stereocenters. The Labute approximate surface area is 149 Å². The van der Waals surface area contributed by atoms with Crippen LogP contribution in [-0.4, -0.2) is 27.2 Å². The van der Waals surface area contributed by atoms with Crippen LogP contribution in [0.4, 0.5) is 0 Å². The molecule has 0 aliphatic carbocycles. The molecule has 6 nitrogen and oxygen atoms in total. The van der Waals surface area contributed by atoms with E-state index in [1.807, 2.05) is 48.7 Å². The zero-order valence-electron chi connectivity index (χ0n) is 14.1. The number of para-hydroxylation sites is 1. The lowest BCUT2D eigenvalue weighted by Crippen LogP contribution is -2.32. The molecule has 4 aromatic rings. The summed E-state index contributed by atoms with van der Waals surface area (Å²) in [5.74, 6) is -0.0800. The number of nitrogens with one attached hydrogen (secondary N) is 2. The Morgan fingerprint density at radius 3 is 2.73 bits per heavy atom. The molecule has 1 amide bonds.